The van der Waals surface area contributed by atoms with Gasteiger partial charge in [0, 0.05) is 13.1 Å². The van der Waals surface area contributed by atoms with Gasteiger partial charge in [-0.2, -0.15) is 0 Å². The Labute approximate surface area is 63.1 Å². The lowest BCUT2D eigenvalue weighted by Gasteiger charge is -2.25. The molecule has 0 N–H and O–H groups in total. The van der Waals surface area contributed by atoms with Crippen molar-refractivity contribution in [1.29, 1.82) is 0 Å². The molecule has 10 heavy (non-hydrogen) atoms. The smallest absolute Gasteiger partial charge is 0.203 e. The van der Waals surface area contributed by atoms with Crippen molar-refractivity contribution in [1.82, 2.24) is 4.31 Å². The maximum absolute atomic E-state index is 10.5. The lowest BCUT2D eigenvalue weighted by atomic mass is 10.0. The molecular weight excluding hydrogens is 150 g/mol. The molecule has 60 valence electrons. The average molecular weight is 163 g/mol. The summed E-state index contributed by atoms with van der Waals surface area (Å²) in [5.74, 6) is 0.543. The van der Waals surface area contributed by atoms with Crippen molar-refractivity contribution < 1.29 is 8.42 Å². The van der Waals surface area contributed by atoms with Crippen LogP contribution in [-0.2, 0) is 10.9 Å². The van der Waals surface area contributed by atoms with Crippen LogP contribution in [-0.4, -0.2) is 25.8 Å². The molecule has 1 unspecified atom stereocenters. The Bertz CT molecular complexity index is 171. The summed E-state index contributed by atoms with van der Waals surface area (Å²) in [6.45, 7) is 3.53. The molecule has 1 aliphatic rings. The number of nitrogens with zero attached hydrogens (tertiary/aromatic N) is 1. The van der Waals surface area contributed by atoms with E-state index < -0.39 is 10.9 Å². The van der Waals surface area contributed by atoms with Gasteiger partial charge in [-0.15, -0.1) is 0 Å². The third-order valence-corrected chi connectivity index (χ3v) is 2.69. The first-order chi connectivity index (χ1) is 4.70. The van der Waals surface area contributed by atoms with Crippen molar-refractivity contribution in [3.8, 4) is 0 Å². The zero-order chi connectivity index (χ0) is 7.56. The molecule has 0 spiro atoms. The molecule has 1 saturated heterocycles. The summed E-state index contributed by atoms with van der Waals surface area (Å²) < 4.78 is 22.5. The lowest BCUT2D eigenvalue weighted by molar-refractivity contribution is 0.287. The Morgan fingerprint density at radius 1 is 1.50 bits per heavy atom. The fraction of sp³-hybridized carbons (Fsp3) is 1.00. The molecule has 4 heteroatoms. The zero-order valence-corrected chi connectivity index (χ0v) is 7.01. The summed E-state index contributed by atoms with van der Waals surface area (Å²) in [4.78, 5) is 0. The minimum Gasteiger partial charge on any atom is -0.215 e. The van der Waals surface area contributed by atoms with Gasteiger partial charge < -0.3 is 0 Å². The van der Waals surface area contributed by atoms with Crippen molar-refractivity contribution in [2.75, 3.05) is 13.1 Å². The predicted octanol–water partition coefficient (Wildman–Crippen LogP) is 0.245. The van der Waals surface area contributed by atoms with Gasteiger partial charge in [-0.3, -0.25) is 0 Å². The number of hydrogen-bond acceptors (Lipinski definition) is 2. The van der Waals surface area contributed by atoms with Crippen molar-refractivity contribution in [2.45, 2.75) is 19.8 Å². The minimum absolute atomic E-state index is 0.543. The maximum Gasteiger partial charge on any atom is 0.203 e. The molecule has 1 rings (SSSR count). The first-order valence-corrected chi connectivity index (χ1v) is 4.72. The summed E-state index contributed by atoms with van der Waals surface area (Å²) in [6.07, 6.45) is 2.18. The second-order valence-electron chi connectivity index (χ2n) is 2.90. The molecule has 0 saturated carbocycles. The van der Waals surface area contributed by atoms with Crippen molar-refractivity contribution in [2.24, 2.45) is 5.92 Å². The predicted molar refractivity (Wildman–Crippen MR) is 40.3 cm³/mol. The average Bonchev–Trinajstić information content (AvgIpc) is 1.88. The highest BCUT2D eigenvalue weighted by Crippen LogP contribution is 2.14. The Morgan fingerprint density at radius 2 is 2.20 bits per heavy atom. The minimum atomic E-state index is -2.31. The zero-order valence-electron chi connectivity index (χ0n) is 6.12. The normalized spacial score (nSPS) is 29.2. The fourth-order valence-electron chi connectivity index (χ4n) is 1.31. The highest BCUT2D eigenvalue weighted by Gasteiger charge is 2.16. The highest BCUT2D eigenvalue weighted by atomic mass is 32.2. The Morgan fingerprint density at radius 3 is 2.60 bits per heavy atom. The largest absolute Gasteiger partial charge is 0.215 e. The van der Waals surface area contributed by atoms with E-state index in [0.717, 1.165) is 19.5 Å². The van der Waals surface area contributed by atoms with E-state index in [1.807, 2.05) is 0 Å². The fourth-order valence-corrected chi connectivity index (χ4v) is 2.03. The van der Waals surface area contributed by atoms with Gasteiger partial charge in [-0.05, 0) is 18.8 Å². The molecule has 0 aliphatic carbocycles. The SMILES string of the molecule is CC1CCCN([SH](=O)=O)C1. The van der Waals surface area contributed by atoms with Crippen LogP contribution in [0.2, 0.25) is 0 Å². The summed E-state index contributed by atoms with van der Waals surface area (Å²) in [5, 5.41) is 0. The van der Waals surface area contributed by atoms with Gasteiger partial charge in [0.05, 0.1) is 0 Å². The van der Waals surface area contributed by atoms with E-state index >= 15 is 0 Å². The number of piperidine rings is 1. The first kappa shape index (κ1) is 8.01. The number of rotatable bonds is 1. The Kier molecular flexibility index (Phi) is 2.68. The second kappa shape index (κ2) is 3.34. The molecule has 0 radical (unpaired) electrons. The van der Waals surface area contributed by atoms with Crippen LogP contribution in [0.5, 0.6) is 0 Å². The van der Waals surface area contributed by atoms with Crippen LogP contribution in [0.25, 0.3) is 0 Å². The maximum atomic E-state index is 10.5. The topological polar surface area (TPSA) is 37.4 Å². The van der Waals surface area contributed by atoms with E-state index in [4.69, 9.17) is 0 Å². The molecule has 1 atom stereocenters. The monoisotopic (exact) mass is 163 g/mol. The van der Waals surface area contributed by atoms with E-state index in [9.17, 15) is 8.42 Å². The van der Waals surface area contributed by atoms with E-state index in [1.165, 1.54) is 10.7 Å². The number of thiol groups is 1. The van der Waals surface area contributed by atoms with Crippen LogP contribution < -0.4 is 0 Å². The van der Waals surface area contributed by atoms with E-state index in [-0.39, 0.29) is 0 Å². The molecular formula is C6H13NO2S. The lowest BCUT2D eigenvalue weighted by Crippen LogP contribution is -2.32. The van der Waals surface area contributed by atoms with Gasteiger partial charge in [0.25, 0.3) is 0 Å². The van der Waals surface area contributed by atoms with E-state index in [1.54, 1.807) is 0 Å². The summed E-state index contributed by atoms with van der Waals surface area (Å²) >= 11 is 0. The highest BCUT2D eigenvalue weighted by molar-refractivity contribution is 7.69. The molecule has 3 nitrogen and oxygen atoms in total. The van der Waals surface area contributed by atoms with Crippen molar-refractivity contribution in [3.63, 3.8) is 0 Å². The standard InChI is InChI=1S/C6H13NO2S/c1-6-3-2-4-7(5-6)10(8)9/h6,10H,2-5H2,1H3. The van der Waals surface area contributed by atoms with Crippen LogP contribution in [0, 0.1) is 5.92 Å². The molecule has 0 aromatic rings. The Balaban J connectivity index is 2.47. The Hall–Kier alpha value is -0.0900. The molecule has 1 fully saturated rings. The van der Waals surface area contributed by atoms with Gasteiger partial charge in [0.1, 0.15) is 0 Å². The van der Waals surface area contributed by atoms with Crippen LogP contribution in [0.4, 0.5) is 0 Å². The van der Waals surface area contributed by atoms with Gasteiger partial charge in [0.15, 0.2) is 0 Å². The molecule has 1 heterocycles. The van der Waals surface area contributed by atoms with E-state index in [0.29, 0.717) is 5.92 Å². The summed E-state index contributed by atoms with van der Waals surface area (Å²) in [6, 6.07) is 0. The molecule has 1 aliphatic heterocycles. The summed E-state index contributed by atoms with van der Waals surface area (Å²) in [7, 11) is -2.31. The van der Waals surface area contributed by atoms with Gasteiger partial charge >= 0.3 is 0 Å². The molecule has 0 aromatic heterocycles. The van der Waals surface area contributed by atoms with E-state index in [2.05, 4.69) is 6.92 Å². The van der Waals surface area contributed by atoms with Gasteiger partial charge in [0.2, 0.25) is 10.9 Å². The van der Waals surface area contributed by atoms with Gasteiger partial charge in [-0.1, -0.05) is 6.92 Å². The number of hydrogen-bond donors (Lipinski definition) is 1. The van der Waals surface area contributed by atoms with Crippen molar-refractivity contribution in [3.05, 3.63) is 0 Å². The van der Waals surface area contributed by atoms with Crippen molar-refractivity contribution >= 4 is 10.9 Å². The third-order valence-electron chi connectivity index (χ3n) is 1.87. The van der Waals surface area contributed by atoms with Crippen LogP contribution in [0.1, 0.15) is 19.8 Å². The van der Waals surface area contributed by atoms with Gasteiger partial charge in [-0.25, -0.2) is 12.7 Å². The molecule has 0 amide bonds. The second-order valence-corrected chi connectivity index (χ2v) is 3.94. The van der Waals surface area contributed by atoms with Crippen LogP contribution in [0.15, 0.2) is 0 Å². The first-order valence-electron chi connectivity index (χ1n) is 3.59. The molecule has 0 aromatic carbocycles. The molecule has 0 bridgehead atoms. The quantitative estimate of drug-likeness (QED) is 0.562. The van der Waals surface area contributed by atoms with Crippen LogP contribution >= 0.6 is 0 Å². The summed E-state index contributed by atoms with van der Waals surface area (Å²) in [5.41, 5.74) is 0. The van der Waals surface area contributed by atoms with Crippen LogP contribution in [0.3, 0.4) is 0 Å². The third kappa shape index (κ3) is 1.95.